The second kappa shape index (κ2) is 8.03. The van der Waals surface area contributed by atoms with Gasteiger partial charge in [0.05, 0.1) is 6.10 Å². The number of rotatable bonds is 5. The molecule has 4 rings (SSSR count). The standard InChI is InChI=1S/C28H44O/c1-19(2)20(3)8-7-9-21-11-13-25-24-12-10-22-18-23(29-6)14-16-28(22,5)26(24)15-17-27(21,25)4/h7-8,10,12,19-21,23,25-26H,9,11,13-18H2,1-6H3/b8-7+. The minimum absolute atomic E-state index is 0.394. The van der Waals surface area contributed by atoms with Gasteiger partial charge in [-0.05, 0) is 91.8 Å². The number of ether oxygens (including phenoxy) is 1. The van der Waals surface area contributed by atoms with Crippen molar-refractivity contribution in [2.75, 3.05) is 7.11 Å². The Labute approximate surface area is 180 Å². The van der Waals surface area contributed by atoms with Crippen LogP contribution in [0.25, 0.3) is 0 Å². The number of hydrogen-bond donors (Lipinski definition) is 0. The Morgan fingerprint density at radius 1 is 1.03 bits per heavy atom. The molecule has 0 aliphatic heterocycles. The summed E-state index contributed by atoms with van der Waals surface area (Å²) >= 11 is 0. The first-order valence-corrected chi connectivity index (χ1v) is 12.4. The smallest absolute Gasteiger partial charge is 0.0609 e. The van der Waals surface area contributed by atoms with E-state index in [0.29, 0.717) is 22.9 Å². The molecule has 162 valence electrons. The molecule has 0 aromatic heterocycles. The van der Waals surface area contributed by atoms with E-state index in [4.69, 9.17) is 4.74 Å². The van der Waals surface area contributed by atoms with Crippen LogP contribution < -0.4 is 0 Å². The van der Waals surface area contributed by atoms with E-state index in [2.05, 4.69) is 58.9 Å². The Hall–Kier alpha value is -0.820. The Balaban J connectivity index is 1.52. The van der Waals surface area contributed by atoms with Crippen LogP contribution in [0.3, 0.4) is 0 Å². The summed E-state index contributed by atoms with van der Waals surface area (Å²) in [6, 6.07) is 0. The van der Waals surface area contributed by atoms with Crippen molar-refractivity contribution in [2.24, 2.45) is 40.4 Å². The van der Waals surface area contributed by atoms with Gasteiger partial charge in [-0.25, -0.2) is 0 Å². The fourth-order valence-corrected chi connectivity index (χ4v) is 7.34. The number of allylic oxidation sites excluding steroid dienone is 5. The number of hydrogen-bond acceptors (Lipinski definition) is 1. The van der Waals surface area contributed by atoms with Gasteiger partial charge >= 0.3 is 0 Å². The molecule has 4 aliphatic carbocycles. The summed E-state index contributed by atoms with van der Waals surface area (Å²) in [5, 5.41) is 0. The van der Waals surface area contributed by atoms with E-state index in [9.17, 15) is 0 Å². The fourth-order valence-electron chi connectivity index (χ4n) is 7.34. The van der Waals surface area contributed by atoms with Crippen molar-refractivity contribution in [3.05, 3.63) is 35.5 Å². The van der Waals surface area contributed by atoms with Crippen molar-refractivity contribution in [3.63, 3.8) is 0 Å². The van der Waals surface area contributed by atoms with E-state index >= 15 is 0 Å². The third-order valence-electron chi connectivity index (χ3n) is 9.97. The first-order valence-electron chi connectivity index (χ1n) is 12.4. The molecule has 0 amide bonds. The third kappa shape index (κ3) is 3.60. The van der Waals surface area contributed by atoms with Crippen molar-refractivity contribution in [2.45, 2.75) is 92.1 Å². The molecule has 1 nitrogen and oxygen atoms in total. The molecule has 3 fully saturated rings. The minimum atomic E-state index is 0.394. The highest BCUT2D eigenvalue weighted by molar-refractivity contribution is 5.38. The van der Waals surface area contributed by atoms with E-state index in [-0.39, 0.29) is 0 Å². The summed E-state index contributed by atoms with van der Waals surface area (Å²) in [7, 11) is 1.89. The summed E-state index contributed by atoms with van der Waals surface area (Å²) in [6.07, 6.45) is 21.2. The maximum Gasteiger partial charge on any atom is 0.0609 e. The highest BCUT2D eigenvalue weighted by Gasteiger charge is 2.55. The van der Waals surface area contributed by atoms with Crippen LogP contribution in [0.15, 0.2) is 35.5 Å². The summed E-state index contributed by atoms with van der Waals surface area (Å²) in [4.78, 5) is 0. The average Bonchev–Trinajstić information content (AvgIpc) is 3.03. The van der Waals surface area contributed by atoms with Gasteiger partial charge in [-0.1, -0.05) is 70.1 Å². The van der Waals surface area contributed by atoms with Crippen molar-refractivity contribution in [1.82, 2.24) is 0 Å². The van der Waals surface area contributed by atoms with Gasteiger partial charge in [0.2, 0.25) is 0 Å². The SMILES string of the molecule is COC1CCC2(C)C(=CC=C3C2CCC2(C)C(C/C=C/C(C)C(C)C)CCC32)C1. The van der Waals surface area contributed by atoms with Crippen molar-refractivity contribution >= 4 is 0 Å². The summed E-state index contributed by atoms with van der Waals surface area (Å²) in [5.41, 5.74) is 4.40. The van der Waals surface area contributed by atoms with E-state index in [1.807, 2.05) is 12.7 Å². The minimum Gasteiger partial charge on any atom is -0.381 e. The molecule has 4 aliphatic rings. The van der Waals surface area contributed by atoms with Gasteiger partial charge in [0, 0.05) is 7.11 Å². The van der Waals surface area contributed by atoms with Crippen LogP contribution in [0, 0.1) is 40.4 Å². The molecule has 0 heterocycles. The molecule has 0 saturated heterocycles. The molecule has 7 atom stereocenters. The van der Waals surface area contributed by atoms with Crippen LogP contribution in [0.5, 0.6) is 0 Å². The number of methoxy groups -OCH3 is 1. The van der Waals surface area contributed by atoms with Gasteiger partial charge in [-0.3, -0.25) is 0 Å². The molecule has 29 heavy (non-hydrogen) atoms. The molecule has 0 bridgehead atoms. The lowest BCUT2D eigenvalue weighted by atomic mass is 9.50. The van der Waals surface area contributed by atoms with Crippen LogP contribution in [-0.4, -0.2) is 13.2 Å². The lowest BCUT2D eigenvalue weighted by Crippen LogP contribution is -2.46. The van der Waals surface area contributed by atoms with Crippen LogP contribution in [0.1, 0.15) is 86.0 Å². The summed E-state index contributed by atoms with van der Waals surface area (Å²) in [6.45, 7) is 12.2. The summed E-state index contributed by atoms with van der Waals surface area (Å²) in [5.74, 6) is 3.91. The van der Waals surface area contributed by atoms with Crippen LogP contribution in [0.2, 0.25) is 0 Å². The third-order valence-corrected chi connectivity index (χ3v) is 9.97. The van der Waals surface area contributed by atoms with Crippen LogP contribution in [-0.2, 0) is 4.74 Å². The second-order valence-electron chi connectivity index (χ2n) is 11.6. The van der Waals surface area contributed by atoms with E-state index in [0.717, 1.165) is 30.1 Å². The lowest BCUT2D eigenvalue weighted by molar-refractivity contribution is 0.0266. The first-order chi connectivity index (χ1) is 13.8. The van der Waals surface area contributed by atoms with E-state index < -0.39 is 0 Å². The fraction of sp³-hybridized carbons (Fsp3) is 0.786. The number of fused-ring (bicyclic) bond motifs is 5. The Morgan fingerprint density at radius 2 is 1.83 bits per heavy atom. The molecule has 0 aromatic carbocycles. The Kier molecular flexibility index (Phi) is 5.93. The van der Waals surface area contributed by atoms with Crippen LogP contribution in [0.4, 0.5) is 0 Å². The highest BCUT2D eigenvalue weighted by Crippen LogP contribution is 2.65. The van der Waals surface area contributed by atoms with Crippen molar-refractivity contribution in [3.8, 4) is 0 Å². The maximum atomic E-state index is 5.72. The maximum absolute atomic E-state index is 5.72. The van der Waals surface area contributed by atoms with Crippen molar-refractivity contribution < 1.29 is 4.74 Å². The molecule has 0 radical (unpaired) electrons. The first kappa shape index (κ1) is 21.4. The zero-order chi connectivity index (χ0) is 20.8. The highest BCUT2D eigenvalue weighted by atomic mass is 16.5. The van der Waals surface area contributed by atoms with Gasteiger partial charge in [0.1, 0.15) is 0 Å². The predicted molar refractivity (Wildman–Crippen MR) is 124 cm³/mol. The molecular weight excluding hydrogens is 352 g/mol. The second-order valence-corrected chi connectivity index (χ2v) is 11.6. The zero-order valence-corrected chi connectivity index (χ0v) is 19.8. The van der Waals surface area contributed by atoms with E-state index in [1.165, 1.54) is 44.9 Å². The predicted octanol–water partition coefficient (Wildman–Crippen LogP) is 7.74. The van der Waals surface area contributed by atoms with E-state index in [1.54, 1.807) is 5.57 Å². The topological polar surface area (TPSA) is 9.23 Å². The molecule has 0 N–H and O–H groups in total. The normalized spacial score (nSPS) is 42.9. The lowest BCUT2D eigenvalue weighted by Gasteiger charge is -2.55. The Morgan fingerprint density at radius 3 is 2.55 bits per heavy atom. The monoisotopic (exact) mass is 396 g/mol. The van der Waals surface area contributed by atoms with Gasteiger partial charge in [-0.15, -0.1) is 0 Å². The molecular formula is C28H44O. The van der Waals surface area contributed by atoms with Gasteiger partial charge in [0.15, 0.2) is 0 Å². The largest absolute Gasteiger partial charge is 0.381 e. The van der Waals surface area contributed by atoms with Crippen LogP contribution >= 0.6 is 0 Å². The molecule has 0 spiro atoms. The Bertz CT molecular complexity index is 697. The van der Waals surface area contributed by atoms with Crippen molar-refractivity contribution in [1.29, 1.82) is 0 Å². The average molecular weight is 397 g/mol. The van der Waals surface area contributed by atoms with Gasteiger partial charge in [-0.2, -0.15) is 0 Å². The zero-order valence-electron chi connectivity index (χ0n) is 19.8. The molecule has 7 unspecified atom stereocenters. The van der Waals surface area contributed by atoms with Gasteiger partial charge in [0.25, 0.3) is 0 Å². The molecule has 1 heteroatoms. The van der Waals surface area contributed by atoms with Gasteiger partial charge < -0.3 is 4.74 Å². The summed E-state index contributed by atoms with van der Waals surface area (Å²) < 4.78 is 5.72. The molecule has 0 aromatic rings. The quantitative estimate of drug-likeness (QED) is 0.432. The molecule has 3 saturated carbocycles.